The smallest absolute Gasteiger partial charge is 0.226 e. The summed E-state index contributed by atoms with van der Waals surface area (Å²) < 4.78 is 37.7. The Balaban J connectivity index is 0.00000102. The number of morpholine rings is 1. The van der Waals surface area contributed by atoms with E-state index in [1.54, 1.807) is 0 Å². The second-order valence-corrected chi connectivity index (χ2v) is 12.1. The topological polar surface area (TPSA) is 96.0 Å². The van der Waals surface area contributed by atoms with Crippen molar-refractivity contribution in [1.29, 1.82) is 0 Å². The van der Waals surface area contributed by atoms with Gasteiger partial charge in [0, 0.05) is 13.0 Å². The van der Waals surface area contributed by atoms with Crippen LogP contribution in [0.4, 0.5) is 0 Å². The van der Waals surface area contributed by atoms with Crippen molar-refractivity contribution in [3.63, 3.8) is 0 Å². The minimum Gasteiger partial charge on any atom is -0.726 e. The van der Waals surface area contributed by atoms with Gasteiger partial charge in [0.15, 0.2) is 6.67 Å². The molecule has 220 valence electrons. The number of quaternary nitrogens is 1. The first-order valence-corrected chi connectivity index (χ1v) is 16.4. The summed E-state index contributed by atoms with van der Waals surface area (Å²) in [6, 6.07) is 0. The van der Waals surface area contributed by atoms with Crippen molar-refractivity contribution in [2.24, 2.45) is 0 Å². The zero-order valence-electron chi connectivity index (χ0n) is 23.9. The second kappa shape index (κ2) is 21.1. The van der Waals surface area contributed by atoms with Crippen molar-refractivity contribution in [2.45, 2.75) is 122 Å². The van der Waals surface area contributed by atoms with Crippen molar-refractivity contribution >= 4 is 16.3 Å². The lowest BCUT2D eigenvalue weighted by atomic mass is 10.0. The fraction of sp³-hybridized carbons (Fsp3) is 0.964. The maximum absolute atomic E-state index is 12.1. The van der Waals surface area contributed by atoms with Crippen LogP contribution < -0.4 is 0 Å². The van der Waals surface area contributed by atoms with Crippen LogP contribution in [0.25, 0.3) is 0 Å². The molecule has 0 N–H and O–H groups in total. The monoisotopic (exact) mass is 548 g/mol. The van der Waals surface area contributed by atoms with Crippen molar-refractivity contribution in [3.8, 4) is 0 Å². The number of carbonyl (C=O) groups excluding carboxylic acids is 1. The van der Waals surface area contributed by atoms with Crippen molar-refractivity contribution in [3.05, 3.63) is 0 Å². The highest BCUT2D eigenvalue weighted by atomic mass is 32.3. The van der Waals surface area contributed by atoms with E-state index >= 15 is 0 Å². The van der Waals surface area contributed by atoms with E-state index in [9.17, 15) is 17.8 Å². The molecule has 0 aromatic heterocycles. The second-order valence-electron chi connectivity index (χ2n) is 10.9. The lowest BCUT2D eigenvalue weighted by molar-refractivity contribution is -0.942. The summed E-state index contributed by atoms with van der Waals surface area (Å²) in [5.74, 6) is 0.371. The Morgan fingerprint density at radius 2 is 1.27 bits per heavy atom. The fourth-order valence-electron chi connectivity index (χ4n) is 5.38. The number of rotatable bonds is 20. The van der Waals surface area contributed by atoms with E-state index in [0.717, 1.165) is 64.0 Å². The number of unbranched alkanes of at least 4 members (excludes halogenated alkanes) is 15. The van der Waals surface area contributed by atoms with Crippen LogP contribution >= 0.6 is 0 Å². The SMILES string of the molecule is CCCCCCCCCCCCCCCCCC[N+]1(CN2CCCC2=O)CCOCC1.COS(=O)(=O)[O-]. The molecule has 0 atom stereocenters. The standard InChI is InChI=1S/C27H53N2O2.CH4O4S/c1-2-3-4-5-6-7-8-9-10-11-12-13-14-15-16-17-21-29(22-24-31-25-23-29)26-28-20-18-19-27(28)30;1-5-6(2,3)4/h2-26H2,1H3;1H3,(H,2,3,4)/q+1;/p-1. The van der Waals surface area contributed by atoms with Gasteiger partial charge in [-0.1, -0.05) is 96.8 Å². The zero-order valence-corrected chi connectivity index (χ0v) is 24.7. The lowest BCUT2D eigenvalue weighted by Crippen LogP contribution is -2.60. The molecule has 0 aromatic carbocycles. The first-order valence-electron chi connectivity index (χ1n) is 15.0. The molecule has 0 aliphatic carbocycles. The van der Waals surface area contributed by atoms with Gasteiger partial charge in [0.1, 0.15) is 13.1 Å². The largest absolute Gasteiger partial charge is 0.726 e. The van der Waals surface area contributed by atoms with Crippen molar-refractivity contribution < 1.29 is 31.2 Å². The molecule has 0 unspecified atom stereocenters. The summed E-state index contributed by atoms with van der Waals surface area (Å²) in [5, 5.41) is 0. The molecular formula is C28H56N2O6S. The van der Waals surface area contributed by atoms with E-state index in [-0.39, 0.29) is 0 Å². The molecule has 8 nitrogen and oxygen atoms in total. The summed E-state index contributed by atoms with van der Waals surface area (Å²) in [6.07, 6.45) is 24.5. The van der Waals surface area contributed by atoms with Gasteiger partial charge in [0.25, 0.3) is 0 Å². The molecule has 0 spiro atoms. The Bertz CT molecular complexity index is 668. The minimum absolute atomic E-state index is 0.371. The van der Waals surface area contributed by atoms with Crippen LogP contribution in [0.3, 0.4) is 0 Å². The van der Waals surface area contributed by atoms with Gasteiger partial charge >= 0.3 is 0 Å². The highest BCUT2D eigenvalue weighted by Crippen LogP contribution is 2.20. The predicted molar refractivity (Wildman–Crippen MR) is 148 cm³/mol. The number of hydrogen-bond acceptors (Lipinski definition) is 6. The third kappa shape index (κ3) is 18.2. The Labute approximate surface area is 228 Å². The van der Waals surface area contributed by atoms with Crippen LogP contribution in [0.15, 0.2) is 0 Å². The van der Waals surface area contributed by atoms with Crippen LogP contribution in [0.1, 0.15) is 122 Å². The Morgan fingerprint density at radius 3 is 1.65 bits per heavy atom. The summed E-state index contributed by atoms with van der Waals surface area (Å²) in [7, 11) is -3.60. The van der Waals surface area contributed by atoms with E-state index in [2.05, 4.69) is 16.0 Å². The lowest BCUT2D eigenvalue weighted by Gasteiger charge is -2.43. The highest BCUT2D eigenvalue weighted by Gasteiger charge is 2.35. The average molecular weight is 549 g/mol. The molecule has 0 aromatic rings. The minimum atomic E-state index is -4.41. The van der Waals surface area contributed by atoms with E-state index in [1.165, 1.54) is 109 Å². The Kier molecular flexibility index (Phi) is 19.6. The van der Waals surface area contributed by atoms with Gasteiger partial charge in [-0.15, -0.1) is 0 Å². The molecule has 9 heteroatoms. The van der Waals surface area contributed by atoms with E-state index in [0.29, 0.717) is 5.91 Å². The normalized spacial score (nSPS) is 17.6. The number of hydrogen-bond donors (Lipinski definition) is 0. The predicted octanol–water partition coefficient (Wildman–Crippen LogP) is 5.77. The molecule has 2 aliphatic rings. The first-order chi connectivity index (χ1) is 17.8. The number of ether oxygens (including phenoxy) is 1. The number of nitrogens with zero attached hydrogens (tertiary/aromatic N) is 2. The van der Waals surface area contributed by atoms with E-state index < -0.39 is 10.4 Å². The van der Waals surface area contributed by atoms with Crippen molar-refractivity contribution in [2.75, 3.05) is 53.2 Å². The third-order valence-electron chi connectivity index (χ3n) is 7.75. The fourth-order valence-corrected chi connectivity index (χ4v) is 5.38. The molecule has 0 bridgehead atoms. The molecule has 2 saturated heterocycles. The molecule has 2 rings (SSSR count). The van der Waals surface area contributed by atoms with Gasteiger partial charge in [0.2, 0.25) is 16.3 Å². The quantitative estimate of drug-likeness (QED) is 0.0830. The third-order valence-corrected chi connectivity index (χ3v) is 8.16. The summed E-state index contributed by atoms with van der Waals surface area (Å²) in [6.45, 7) is 9.32. The van der Waals surface area contributed by atoms with Crippen LogP contribution in [-0.2, 0) is 24.1 Å². The van der Waals surface area contributed by atoms with Gasteiger partial charge in [-0.2, -0.15) is 0 Å². The molecule has 2 heterocycles. The van der Waals surface area contributed by atoms with Gasteiger partial charge < -0.3 is 13.8 Å². The van der Waals surface area contributed by atoms with Crippen LogP contribution in [0, 0.1) is 0 Å². The van der Waals surface area contributed by atoms with Gasteiger partial charge in [0.05, 0.1) is 26.9 Å². The van der Waals surface area contributed by atoms with E-state index in [4.69, 9.17) is 4.74 Å². The van der Waals surface area contributed by atoms with Crippen LogP contribution in [0.2, 0.25) is 0 Å². The number of amides is 1. The molecule has 0 radical (unpaired) electrons. The molecule has 0 saturated carbocycles. The van der Waals surface area contributed by atoms with Crippen molar-refractivity contribution in [1.82, 2.24) is 4.90 Å². The average Bonchev–Trinajstić information content (AvgIpc) is 3.28. The zero-order chi connectivity index (χ0) is 27.2. The van der Waals surface area contributed by atoms with E-state index in [1.807, 2.05) is 0 Å². The highest BCUT2D eigenvalue weighted by molar-refractivity contribution is 7.80. The molecular weight excluding hydrogens is 492 g/mol. The maximum atomic E-state index is 12.1. The molecule has 37 heavy (non-hydrogen) atoms. The summed E-state index contributed by atoms with van der Waals surface area (Å²) in [4.78, 5) is 14.2. The molecule has 1 amide bonds. The van der Waals surface area contributed by atoms with Gasteiger partial charge in [-0.25, -0.2) is 8.42 Å². The summed E-state index contributed by atoms with van der Waals surface area (Å²) in [5.41, 5.74) is 0. The Morgan fingerprint density at radius 1 is 0.838 bits per heavy atom. The first kappa shape index (κ1) is 34.3. The Hall–Kier alpha value is -0.740. The number of likely N-dealkylation sites (tertiary alicyclic amines) is 1. The number of carbonyl (C=O) groups is 1. The van der Waals surface area contributed by atoms with Gasteiger partial charge in [-0.05, 0) is 19.3 Å². The van der Waals surface area contributed by atoms with Gasteiger partial charge in [-0.3, -0.25) is 13.9 Å². The maximum Gasteiger partial charge on any atom is 0.226 e. The molecule has 2 fully saturated rings. The van der Waals surface area contributed by atoms with Crippen LogP contribution in [0.5, 0.6) is 0 Å². The summed E-state index contributed by atoms with van der Waals surface area (Å²) >= 11 is 0. The molecule has 2 aliphatic heterocycles. The van der Waals surface area contributed by atoms with Crippen LogP contribution in [-0.4, -0.2) is 81.4 Å².